The van der Waals surface area contributed by atoms with Gasteiger partial charge in [-0.1, -0.05) is 36.0 Å². The number of hydrogen-bond acceptors (Lipinski definition) is 9. The van der Waals surface area contributed by atoms with Crippen molar-refractivity contribution in [1.29, 1.82) is 0 Å². The van der Waals surface area contributed by atoms with E-state index < -0.39 is 17.5 Å². The summed E-state index contributed by atoms with van der Waals surface area (Å²) in [6, 6.07) is 9.90. The van der Waals surface area contributed by atoms with Gasteiger partial charge in [0, 0.05) is 24.5 Å². The van der Waals surface area contributed by atoms with E-state index in [1.54, 1.807) is 41.3 Å². The summed E-state index contributed by atoms with van der Waals surface area (Å²) in [4.78, 5) is 31.5. The molecule has 2 unspecified atom stereocenters. The molecule has 12 nitrogen and oxygen atoms in total. The largest absolute Gasteiger partial charge is 0.478 e. The number of aromatic carboxylic acids is 1. The van der Waals surface area contributed by atoms with Crippen LogP contribution >= 0.6 is 23.2 Å². The lowest BCUT2D eigenvalue weighted by atomic mass is 9.90. The maximum absolute atomic E-state index is 12.2. The van der Waals surface area contributed by atoms with Gasteiger partial charge < -0.3 is 19.3 Å². The highest BCUT2D eigenvalue weighted by Crippen LogP contribution is 2.49. The van der Waals surface area contributed by atoms with Crippen LogP contribution in [0.3, 0.4) is 0 Å². The van der Waals surface area contributed by atoms with Gasteiger partial charge in [0.25, 0.3) is 0 Å². The highest BCUT2D eigenvalue weighted by molar-refractivity contribution is 6.32. The highest BCUT2D eigenvalue weighted by atomic mass is 35.5. The van der Waals surface area contributed by atoms with Crippen LogP contribution in [-0.4, -0.2) is 65.4 Å². The van der Waals surface area contributed by atoms with Gasteiger partial charge in [-0.25, -0.2) is 28.9 Å². The standard InChI is InChI=1S/C21H26ClN3O3.C17H18ClN3O3/c1-21(2,3)28-20(26)16-6-7-17(23-19(16)22)25-9-8-18(24-25)27-12-15-11-13-4-5-14(15)10-13;18-16-13(17(22)23)3-4-14(19-16)21-6-5-15(20-21)24-9-12-8-10-1-2-11(12)7-10/h6-9,13-15H,4-5,10-12H2,1-3H3;3-6,10-12H,1-2,7-9H2,(H,22,23)/t13-,14+,15?;10-,11+,12?/m00/s1. The van der Waals surface area contributed by atoms with Gasteiger partial charge in [0.15, 0.2) is 11.6 Å². The van der Waals surface area contributed by atoms with Crippen LogP contribution in [0, 0.1) is 35.5 Å². The normalized spacial score (nSPS) is 24.4. The van der Waals surface area contributed by atoms with E-state index in [4.69, 9.17) is 42.5 Å². The van der Waals surface area contributed by atoms with Crippen molar-refractivity contribution >= 4 is 35.1 Å². The molecule has 14 heteroatoms. The molecule has 276 valence electrons. The van der Waals surface area contributed by atoms with Gasteiger partial charge in [0.05, 0.1) is 24.3 Å². The number of ether oxygens (including phenoxy) is 3. The summed E-state index contributed by atoms with van der Waals surface area (Å²) in [6.45, 7) is 6.86. The topological polar surface area (TPSA) is 143 Å². The molecule has 0 radical (unpaired) electrons. The molecule has 0 saturated heterocycles. The summed E-state index contributed by atoms with van der Waals surface area (Å²) >= 11 is 12.1. The Labute approximate surface area is 312 Å². The number of hydrogen-bond donors (Lipinski definition) is 1. The Bertz CT molecular complexity index is 1920. The molecule has 0 amide bonds. The van der Waals surface area contributed by atoms with E-state index in [1.807, 2.05) is 26.8 Å². The molecule has 1 N–H and O–H groups in total. The zero-order chi connectivity index (χ0) is 36.6. The zero-order valence-corrected chi connectivity index (χ0v) is 31.1. The number of carbonyl (C=O) groups is 2. The van der Waals surface area contributed by atoms with Crippen molar-refractivity contribution in [2.24, 2.45) is 35.5 Å². The molecule has 0 aromatic carbocycles. The van der Waals surface area contributed by atoms with Crippen LogP contribution in [-0.2, 0) is 4.74 Å². The molecule has 6 atom stereocenters. The van der Waals surface area contributed by atoms with E-state index in [0.717, 1.165) is 30.3 Å². The van der Waals surface area contributed by atoms with Crippen LogP contribution in [0.5, 0.6) is 11.8 Å². The zero-order valence-electron chi connectivity index (χ0n) is 29.6. The maximum atomic E-state index is 12.2. The third-order valence-corrected chi connectivity index (χ3v) is 11.4. The minimum atomic E-state index is -1.10. The smallest absolute Gasteiger partial charge is 0.341 e. The number of carboxylic acid groups (broad SMARTS) is 1. The third kappa shape index (κ3) is 8.39. The average Bonchev–Trinajstić information content (AvgIpc) is 3.96. The highest BCUT2D eigenvalue weighted by Gasteiger charge is 2.40. The van der Waals surface area contributed by atoms with Crippen LogP contribution in [0.25, 0.3) is 11.6 Å². The molecule has 4 aromatic rings. The number of halogens is 2. The third-order valence-electron chi connectivity index (χ3n) is 10.8. The number of fused-ring (bicyclic) bond motifs is 4. The van der Waals surface area contributed by atoms with Gasteiger partial charge in [0.2, 0.25) is 11.8 Å². The van der Waals surface area contributed by atoms with Gasteiger partial charge in [0.1, 0.15) is 15.9 Å². The lowest BCUT2D eigenvalue weighted by Gasteiger charge is -2.20. The first-order chi connectivity index (χ1) is 24.9. The quantitative estimate of drug-likeness (QED) is 0.125. The van der Waals surface area contributed by atoms with E-state index >= 15 is 0 Å². The molecule has 52 heavy (non-hydrogen) atoms. The van der Waals surface area contributed by atoms with E-state index in [1.165, 1.54) is 62.1 Å². The molecule has 4 aliphatic carbocycles. The lowest BCUT2D eigenvalue weighted by Crippen LogP contribution is -2.24. The molecule has 0 spiro atoms. The Morgan fingerprint density at radius 2 is 1.21 bits per heavy atom. The molecule has 8 rings (SSSR count). The van der Waals surface area contributed by atoms with Crippen molar-refractivity contribution < 1.29 is 28.9 Å². The molecule has 4 heterocycles. The number of esters is 1. The first-order valence-corrected chi connectivity index (χ1v) is 18.8. The van der Waals surface area contributed by atoms with Crippen LogP contribution in [0.2, 0.25) is 10.3 Å². The van der Waals surface area contributed by atoms with Crippen LogP contribution < -0.4 is 9.47 Å². The van der Waals surface area contributed by atoms with E-state index in [9.17, 15) is 9.59 Å². The molecule has 4 aromatic heterocycles. The van der Waals surface area contributed by atoms with Crippen molar-refractivity contribution in [2.75, 3.05) is 13.2 Å². The SMILES string of the molecule is CC(C)(C)OC(=O)c1ccc(-n2ccc(OCC3C[C@H]4CC[C@@H]3C4)n2)nc1Cl.O=C(O)c1ccc(-n2ccc(OCC3C[C@H]4CC[C@@H]3C4)n2)nc1Cl. The van der Waals surface area contributed by atoms with Gasteiger partial charge in [-0.3, -0.25) is 0 Å². The first-order valence-electron chi connectivity index (χ1n) is 18.1. The van der Waals surface area contributed by atoms with Gasteiger partial charge in [-0.2, -0.15) is 0 Å². The number of carbonyl (C=O) groups excluding carboxylic acids is 1. The van der Waals surface area contributed by atoms with Crippen molar-refractivity contribution in [3.8, 4) is 23.4 Å². The van der Waals surface area contributed by atoms with Gasteiger partial charge in [-0.15, -0.1) is 10.2 Å². The molecule has 4 fully saturated rings. The van der Waals surface area contributed by atoms with Gasteiger partial charge >= 0.3 is 11.9 Å². The summed E-state index contributed by atoms with van der Waals surface area (Å²) in [6.07, 6.45) is 14.3. The van der Waals surface area contributed by atoms with E-state index in [2.05, 4.69) is 20.2 Å². The first kappa shape index (κ1) is 36.2. The number of aromatic nitrogens is 6. The number of pyridine rings is 2. The lowest BCUT2D eigenvalue weighted by molar-refractivity contribution is 0.00690. The second kappa shape index (κ2) is 15.1. The van der Waals surface area contributed by atoms with E-state index in [0.29, 0.717) is 41.8 Å². The Balaban J connectivity index is 0.000000164. The van der Waals surface area contributed by atoms with Crippen molar-refractivity contribution in [1.82, 2.24) is 29.5 Å². The molecule has 4 bridgehead atoms. The summed E-state index contributed by atoms with van der Waals surface area (Å²) in [5.41, 5.74) is -0.382. The second-order valence-electron chi connectivity index (χ2n) is 15.5. The predicted molar refractivity (Wildman–Crippen MR) is 194 cm³/mol. The minimum Gasteiger partial charge on any atom is -0.478 e. The van der Waals surface area contributed by atoms with Crippen molar-refractivity contribution in [3.63, 3.8) is 0 Å². The fraction of sp³-hybridized carbons (Fsp3) is 0.526. The Morgan fingerprint density at radius 3 is 1.60 bits per heavy atom. The van der Waals surface area contributed by atoms with Crippen LogP contribution in [0.1, 0.15) is 92.9 Å². The fourth-order valence-corrected chi connectivity index (χ4v) is 8.78. The molecule has 4 aliphatic rings. The Morgan fingerprint density at radius 1 is 0.731 bits per heavy atom. The molecular formula is C38H44Cl2N6O6. The van der Waals surface area contributed by atoms with E-state index in [-0.39, 0.29) is 21.4 Å². The molecule has 0 aliphatic heterocycles. The molecule has 4 saturated carbocycles. The van der Waals surface area contributed by atoms with Gasteiger partial charge in [-0.05, 0) is 119 Å². The number of rotatable bonds is 10. The minimum absolute atomic E-state index is 0.0275. The molecular weight excluding hydrogens is 707 g/mol. The van der Waals surface area contributed by atoms with Crippen LogP contribution in [0.15, 0.2) is 48.8 Å². The van der Waals surface area contributed by atoms with Crippen molar-refractivity contribution in [3.05, 3.63) is 70.2 Å². The monoisotopic (exact) mass is 750 g/mol. The van der Waals surface area contributed by atoms with Crippen LogP contribution in [0.4, 0.5) is 0 Å². The number of nitrogens with zero attached hydrogens (tertiary/aromatic N) is 6. The summed E-state index contributed by atoms with van der Waals surface area (Å²) in [5.74, 6) is 5.28. The fourth-order valence-electron chi connectivity index (χ4n) is 8.32. The Hall–Kier alpha value is -4.16. The second-order valence-corrected chi connectivity index (χ2v) is 16.2. The Kier molecular flexibility index (Phi) is 10.5. The predicted octanol–water partition coefficient (Wildman–Crippen LogP) is 8.12. The van der Waals surface area contributed by atoms with Crippen molar-refractivity contribution in [2.45, 2.75) is 77.7 Å². The summed E-state index contributed by atoms with van der Waals surface area (Å²) in [7, 11) is 0. The summed E-state index contributed by atoms with van der Waals surface area (Å²) < 4.78 is 20.3. The number of carboxylic acids is 1. The average molecular weight is 752 g/mol. The maximum Gasteiger partial charge on any atom is 0.341 e. The summed E-state index contributed by atoms with van der Waals surface area (Å²) in [5, 5.41) is 17.8.